The highest BCUT2D eigenvalue weighted by Crippen LogP contribution is 2.33. The maximum absolute atomic E-state index is 12.8. The molecule has 1 atom stereocenters. The van der Waals surface area contributed by atoms with E-state index in [0.717, 1.165) is 74.8 Å². The van der Waals surface area contributed by atoms with Crippen LogP contribution >= 0.6 is 0 Å². The van der Waals surface area contributed by atoms with E-state index in [0.29, 0.717) is 6.61 Å². The number of nitrogens with zero attached hydrogens (tertiary/aromatic N) is 4. The van der Waals surface area contributed by atoms with Gasteiger partial charge in [0.1, 0.15) is 6.33 Å². The number of alkyl halides is 3. The van der Waals surface area contributed by atoms with Crippen molar-refractivity contribution in [3.05, 3.63) is 65.5 Å². The van der Waals surface area contributed by atoms with Crippen LogP contribution in [0.2, 0.25) is 0 Å². The fourth-order valence-corrected chi connectivity index (χ4v) is 4.66. The van der Waals surface area contributed by atoms with Crippen LogP contribution in [-0.4, -0.2) is 59.4 Å². The number of hydrogen-bond acceptors (Lipinski definition) is 5. The quantitative estimate of drug-likeness (QED) is 0.619. The highest BCUT2D eigenvalue weighted by molar-refractivity contribution is 5.57. The van der Waals surface area contributed by atoms with Gasteiger partial charge in [-0.25, -0.2) is 4.98 Å². The molecule has 1 fully saturated rings. The normalized spacial score (nSPS) is 19.5. The first-order valence-corrected chi connectivity index (χ1v) is 11.2. The molecular weight excluding hydrogens is 431 g/mol. The second-order valence-corrected chi connectivity index (χ2v) is 8.52. The van der Waals surface area contributed by atoms with Crippen molar-refractivity contribution in [1.82, 2.24) is 20.1 Å². The Morgan fingerprint density at radius 2 is 1.82 bits per heavy atom. The molecule has 2 aromatic carbocycles. The Balaban J connectivity index is 1.15. The number of rotatable bonds is 5. The summed E-state index contributed by atoms with van der Waals surface area (Å²) in [6, 6.07) is 11.8. The van der Waals surface area contributed by atoms with Crippen molar-refractivity contribution in [2.24, 2.45) is 0 Å². The lowest BCUT2D eigenvalue weighted by Gasteiger charge is -2.37. The Bertz CT molecular complexity index is 1060. The van der Waals surface area contributed by atoms with Crippen molar-refractivity contribution in [2.45, 2.75) is 25.1 Å². The molecule has 174 valence electrons. The molecule has 0 saturated carbocycles. The molecule has 2 aliphatic rings. The zero-order chi connectivity index (χ0) is 22.8. The summed E-state index contributed by atoms with van der Waals surface area (Å²) in [7, 11) is 0. The van der Waals surface area contributed by atoms with Gasteiger partial charge in [0.05, 0.1) is 18.3 Å². The molecule has 3 heterocycles. The lowest BCUT2D eigenvalue weighted by Crippen LogP contribution is -2.47. The summed E-state index contributed by atoms with van der Waals surface area (Å²) in [5.74, 6) is 0.770. The van der Waals surface area contributed by atoms with E-state index in [9.17, 15) is 13.2 Å². The number of ether oxygens (including phenoxy) is 1. The summed E-state index contributed by atoms with van der Waals surface area (Å²) >= 11 is 0. The van der Waals surface area contributed by atoms with Crippen LogP contribution in [0.15, 0.2) is 48.8 Å². The number of benzene rings is 2. The monoisotopic (exact) mass is 457 g/mol. The Hall–Kier alpha value is -2.91. The molecule has 9 heteroatoms. The fourth-order valence-electron chi connectivity index (χ4n) is 4.66. The summed E-state index contributed by atoms with van der Waals surface area (Å²) < 4.78 is 44.5. The van der Waals surface area contributed by atoms with Gasteiger partial charge in [0.15, 0.2) is 5.82 Å². The van der Waals surface area contributed by atoms with E-state index in [4.69, 9.17) is 4.74 Å². The smallest absolute Gasteiger partial charge is 0.373 e. The van der Waals surface area contributed by atoms with Crippen molar-refractivity contribution in [3.8, 4) is 11.4 Å². The number of nitrogens with one attached hydrogen (secondary N) is 1. The lowest BCUT2D eigenvalue weighted by atomic mass is 9.93. The third kappa shape index (κ3) is 4.89. The number of hydrogen-bond donors (Lipinski definition) is 1. The van der Waals surface area contributed by atoms with Gasteiger partial charge in [-0.1, -0.05) is 12.1 Å². The number of aromatic nitrogens is 3. The van der Waals surface area contributed by atoms with E-state index in [2.05, 4.69) is 43.2 Å². The summed E-state index contributed by atoms with van der Waals surface area (Å²) in [6.45, 7) is 4.99. The first kappa shape index (κ1) is 21.9. The first-order valence-electron chi connectivity index (χ1n) is 11.2. The molecule has 0 amide bonds. The van der Waals surface area contributed by atoms with Gasteiger partial charge in [-0.3, -0.25) is 10.00 Å². The third-order valence-electron chi connectivity index (χ3n) is 6.51. The maximum Gasteiger partial charge on any atom is 0.416 e. The molecule has 6 nitrogen and oxygen atoms in total. The molecule has 2 aliphatic heterocycles. The average Bonchev–Trinajstić information content (AvgIpc) is 3.37. The molecule has 1 aromatic heterocycles. The van der Waals surface area contributed by atoms with E-state index in [1.807, 2.05) is 0 Å². The van der Waals surface area contributed by atoms with Gasteiger partial charge in [-0.15, -0.1) is 0 Å². The lowest BCUT2D eigenvalue weighted by molar-refractivity contribution is -0.137. The highest BCUT2D eigenvalue weighted by Gasteiger charge is 2.30. The van der Waals surface area contributed by atoms with Crippen LogP contribution in [-0.2, 0) is 17.3 Å². The topological polar surface area (TPSA) is 57.3 Å². The second-order valence-electron chi connectivity index (χ2n) is 8.52. The Morgan fingerprint density at radius 1 is 1.03 bits per heavy atom. The summed E-state index contributed by atoms with van der Waals surface area (Å²) in [4.78, 5) is 8.79. The van der Waals surface area contributed by atoms with Crippen molar-refractivity contribution in [1.29, 1.82) is 0 Å². The van der Waals surface area contributed by atoms with Gasteiger partial charge < -0.3 is 9.64 Å². The third-order valence-corrected chi connectivity index (χ3v) is 6.51. The first-order chi connectivity index (χ1) is 16.0. The molecule has 0 bridgehead atoms. The number of fused-ring (bicyclic) bond motifs is 1. The van der Waals surface area contributed by atoms with Gasteiger partial charge in [-0.05, 0) is 54.3 Å². The van der Waals surface area contributed by atoms with E-state index in [-0.39, 0.29) is 6.10 Å². The minimum atomic E-state index is -4.30. The zero-order valence-electron chi connectivity index (χ0n) is 18.2. The minimum absolute atomic E-state index is 0.0745. The SMILES string of the molecule is FC(F)(F)c1ccc(N2CCN(CCC3OCCc4cc(-c5ncn[nH]5)ccc43)CC2)cc1. The molecule has 1 saturated heterocycles. The van der Waals surface area contributed by atoms with Gasteiger partial charge in [0.2, 0.25) is 0 Å². The number of halogens is 3. The average molecular weight is 458 g/mol. The van der Waals surface area contributed by atoms with E-state index < -0.39 is 11.7 Å². The molecule has 5 rings (SSSR count). The van der Waals surface area contributed by atoms with Crippen LogP contribution in [0, 0.1) is 0 Å². The largest absolute Gasteiger partial charge is 0.416 e. The van der Waals surface area contributed by atoms with Gasteiger partial charge in [0, 0.05) is 44.0 Å². The Kier molecular flexibility index (Phi) is 6.07. The number of H-pyrrole nitrogens is 1. The molecular formula is C24H26F3N5O. The van der Waals surface area contributed by atoms with Crippen molar-refractivity contribution < 1.29 is 17.9 Å². The van der Waals surface area contributed by atoms with Crippen LogP contribution in [0.5, 0.6) is 0 Å². The predicted octanol–water partition coefficient (Wildman–Crippen LogP) is 4.32. The van der Waals surface area contributed by atoms with Crippen molar-refractivity contribution in [3.63, 3.8) is 0 Å². The van der Waals surface area contributed by atoms with Crippen LogP contribution < -0.4 is 4.90 Å². The molecule has 1 unspecified atom stereocenters. The van der Waals surface area contributed by atoms with Gasteiger partial charge in [-0.2, -0.15) is 18.3 Å². The van der Waals surface area contributed by atoms with E-state index >= 15 is 0 Å². The van der Waals surface area contributed by atoms with Crippen LogP contribution in [0.4, 0.5) is 18.9 Å². The maximum atomic E-state index is 12.8. The van der Waals surface area contributed by atoms with Gasteiger partial charge in [0.25, 0.3) is 0 Å². The van der Waals surface area contributed by atoms with E-state index in [1.165, 1.54) is 17.5 Å². The second kappa shape index (κ2) is 9.15. The Morgan fingerprint density at radius 3 is 2.52 bits per heavy atom. The predicted molar refractivity (Wildman–Crippen MR) is 119 cm³/mol. The van der Waals surface area contributed by atoms with E-state index in [1.54, 1.807) is 12.1 Å². The molecule has 0 spiro atoms. The van der Waals surface area contributed by atoms with Crippen molar-refractivity contribution >= 4 is 5.69 Å². The Labute approximate surface area is 190 Å². The summed E-state index contributed by atoms with van der Waals surface area (Å²) in [5.41, 5.74) is 3.81. The summed E-state index contributed by atoms with van der Waals surface area (Å²) in [5, 5.41) is 6.84. The number of anilines is 1. The molecule has 3 aromatic rings. The van der Waals surface area contributed by atoms with Crippen LogP contribution in [0.25, 0.3) is 11.4 Å². The van der Waals surface area contributed by atoms with Crippen LogP contribution in [0.3, 0.4) is 0 Å². The minimum Gasteiger partial charge on any atom is -0.373 e. The van der Waals surface area contributed by atoms with Crippen molar-refractivity contribution in [2.75, 3.05) is 44.2 Å². The van der Waals surface area contributed by atoms with Gasteiger partial charge >= 0.3 is 6.18 Å². The fraction of sp³-hybridized carbons (Fsp3) is 0.417. The van der Waals surface area contributed by atoms with Crippen LogP contribution in [0.1, 0.15) is 29.2 Å². The molecule has 0 aliphatic carbocycles. The number of piperazine rings is 1. The number of aromatic amines is 1. The summed E-state index contributed by atoms with van der Waals surface area (Å²) in [6.07, 6.45) is -0.910. The standard InChI is InChI=1S/C24H26F3N5O/c25-24(26,27)19-2-4-20(5-3-19)32-12-10-31(11-13-32)9-7-22-21-6-1-18(23-28-16-29-30-23)15-17(21)8-14-33-22/h1-6,15-16,22H,7-14H2,(H,28,29,30). The molecule has 33 heavy (non-hydrogen) atoms. The zero-order valence-corrected chi connectivity index (χ0v) is 18.2. The molecule has 0 radical (unpaired) electrons. The molecule has 1 N–H and O–H groups in total. The highest BCUT2D eigenvalue weighted by atomic mass is 19.4.